The van der Waals surface area contributed by atoms with Gasteiger partial charge in [0.1, 0.15) is 0 Å². The summed E-state index contributed by atoms with van der Waals surface area (Å²) in [4.78, 5) is 10.3. The summed E-state index contributed by atoms with van der Waals surface area (Å²) in [5.41, 5.74) is 0. The number of rotatable bonds is 10. The summed E-state index contributed by atoms with van der Waals surface area (Å²) in [7, 11) is 0. The molecule has 0 saturated carbocycles. The van der Waals surface area contributed by atoms with Crippen molar-refractivity contribution in [3.63, 3.8) is 0 Å². The van der Waals surface area contributed by atoms with Crippen molar-refractivity contribution in [1.29, 1.82) is 0 Å². The van der Waals surface area contributed by atoms with Gasteiger partial charge >= 0.3 is 0 Å². The molecule has 128 valence electrons. The first-order chi connectivity index (χ1) is 10.3. The van der Waals surface area contributed by atoms with Crippen LogP contribution < -0.4 is 10.6 Å². The van der Waals surface area contributed by atoms with Crippen LogP contribution in [0.4, 0.5) is 0 Å². The van der Waals surface area contributed by atoms with Gasteiger partial charge in [0.25, 0.3) is 0 Å². The SMILES string of the molecule is CCNC(=NCCCOCC)NCCc1ncc(CC)s1.I. The smallest absolute Gasteiger partial charge is 0.191 e. The fourth-order valence-corrected chi connectivity index (χ4v) is 2.62. The van der Waals surface area contributed by atoms with E-state index in [9.17, 15) is 0 Å². The molecule has 1 heterocycles. The van der Waals surface area contributed by atoms with E-state index in [0.29, 0.717) is 0 Å². The molecule has 22 heavy (non-hydrogen) atoms. The van der Waals surface area contributed by atoms with Crippen molar-refractivity contribution in [1.82, 2.24) is 15.6 Å². The van der Waals surface area contributed by atoms with Crippen molar-refractivity contribution in [3.05, 3.63) is 16.1 Å². The van der Waals surface area contributed by atoms with E-state index in [1.165, 1.54) is 9.88 Å². The molecule has 0 aliphatic carbocycles. The highest BCUT2D eigenvalue weighted by atomic mass is 127. The van der Waals surface area contributed by atoms with E-state index in [1.807, 2.05) is 13.1 Å². The topological polar surface area (TPSA) is 58.5 Å². The molecule has 0 aliphatic heterocycles. The third kappa shape index (κ3) is 9.58. The number of guanidine groups is 1. The number of thiazole rings is 1. The molecule has 2 N–H and O–H groups in total. The fourth-order valence-electron chi connectivity index (χ4n) is 1.76. The number of hydrogen-bond donors (Lipinski definition) is 2. The molecule has 7 heteroatoms. The second-order valence-corrected chi connectivity index (χ2v) is 5.76. The van der Waals surface area contributed by atoms with Crippen molar-refractivity contribution < 1.29 is 4.74 Å². The lowest BCUT2D eigenvalue weighted by Gasteiger charge is -2.10. The van der Waals surface area contributed by atoms with Gasteiger partial charge in [-0.15, -0.1) is 35.3 Å². The first-order valence-corrected chi connectivity index (χ1v) is 8.65. The minimum Gasteiger partial charge on any atom is -0.382 e. The minimum atomic E-state index is 0. The number of hydrogen-bond acceptors (Lipinski definition) is 4. The summed E-state index contributed by atoms with van der Waals surface area (Å²) >= 11 is 1.80. The number of nitrogens with one attached hydrogen (secondary N) is 2. The molecule has 0 aromatic carbocycles. The van der Waals surface area contributed by atoms with Crippen molar-refractivity contribution in [2.75, 3.05) is 32.8 Å². The van der Waals surface area contributed by atoms with Crippen LogP contribution in [-0.2, 0) is 17.6 Å². The molecular weight excluding hydrogens is 411 g/mol. The molecular formula is C15H29IN4OS. The Balaban J connectivity index is 0.00000441. The van der Waals surface area contributed by atoms with Crippen LogP contribution in [0, 0.1) is 0 Å². The Labute approximate surface area is 155 Å². The van der Waals surface area contributed by atoms with E-state index in [0.717, 1.165) is 58.1 Å². The Kier molecular flexibility index (Phi) is 13.9. The zero-order chi connectivity index (χ0) is 15.3. The second kappa shape index (κ2) is 14.2. The molecule has 1 rings (SSSR count). The van der Waals surface area contributed by atoms with Crippen LogP contribution in [0.15, 0.2) is 11.2 Å². The minimum absolute atomic E-state index is 0. The largest absolute Gasteiger partial charge is 0.382 e. The number of nitrogens with zero attached hydrogens (tertiary/aromatic N) is 2. The highest BCUT2D eigenvalue weighted by Gasteiger charge is 2.01. The molecule has 0 unspecified atom stereocenters. The number of ether oxygens (including phenoxy) is 1. The second-order valence-electron chi connectivity index (χ2n) is 4.56. The molecule has 1 aromatic heterocycles. The number of aliphatic imine (C=N–C) groups is 1. The van der Waals surface area contributed by atoms with E-state index in [4.69, 9.17) is 4.74 Å². The average molecular weight is 440 g/mol. The zero-order valence-electron chi connectivity index (χ0n) is 13.9. The number of halogens is 1. The van der Waals surface area contributed by atoms with Gasteiger partial charge in [0.05, 0.1) is 5.01 Å². The monoisotopic (exact) mass is 440 g/mol. The lowest BCUT2D eigenvalue weighted by atomic mass is 10.4. The van der Waals surface area contributed by atoms with Gasteiger partial charge in [-0.1, -0.05) is 6.92 Å². The van der Waals surface area contributed by atoms with Crippen molar-refractivity contribution in [3.8, 4) is 0 Å². The summed E-state index contributed by atoms with van der Waals surface area (Å²) in [6, 6.07) is 0. The summed E-state index contributed by atoms with van der Waals surface area (Å²) in [6.07, 6.45) is 4.94. The molecule has 0 saturated heterocycles. The maximum Gasteiger partial charge on any atom is 0.191 e. The maximum atomic E-state index is 5.31. The molecule has 5 nitrogen and oxygen atoms in total. The Morgan fingerprint density at radius 2 is 2.14 bits per heavy atom. The lowest BCUT2D eigenvalue weighted by molar-refractivity contribution is 0.146. The molecule has 0 aliphatic rings. The standard InChI is InChI=1S/C15H28N4OS.HI/c1-4-13-12-19-14(21-13)8-10-18-15(16-5-2)17-9-7-11-20-6-3;/h12H,4-11H2,1-3H3,(H2,16,17,18);1H. The van der Waals surface area contributed by atoms with Gasteiger partial charge < -0.3 is 15.4 Å². The van der Waals surface area contributed by atoms with Gasteiger partial charge in [-0.2, -0.15) is 0 Å². The lowest BCUT2D eigenvalue weighted by Crippen LogP contribution is -2.38. The first kappa shape index (κ1) is 21.6. The van der Waals surface area contributed by atoms with Gasteiger partial charge in [-0.25, -0.2) is 4.98 Å². The average Bonchev–Trinajstić information content (AvgIpc) is 2.95. The Morgan fingerprint density at radius 1 is 1.32 bits per heavy atom. The summed E-state index contributed by atoms with van der Waals surface area (Å²) in [6.45, 7) is 10.3. The van der Waals surface area contributed by atoms with Crippen LogP contribution in [0.5, 0.6) is 0 Å². The highest BCUT2D eigenvalue weighted by molar-refractivity contribution is 14.0. The Bertz CT molecular complexity index is 412. The zero-order valence-corrected chi connectivity index (χ0v) is 17.0. The van der Waals surface area contributed by atoms with Gasteiger partial charge in [0.15, 0.2) is 5.96 Å². The van der Waals surface area contributed by atoms with E-state index in [2.05, 4.69) is 34.5 Å². The summed E-state index contributed by atoms with van der Waals surface area (Å²) in [5.74, 6) is 0.876. The molecule has 0 fully saturated rings. The van der Waals surface area contributed by atoms with E-state index in [1.54, 1.807) is 11.3 Å². The Hall–Kier alpha value is -0.410. The van der Waals surface area contributed by atoms with Crippen molar-refractivity contribution in [2.45, 2.75) is 40.0 Å². The van der Waals surface area contributed by atoms with Crippen LogP contribution >= 0.6 is 35.3 Å². The van der Waals surface area contributed by atoms with Gasteiger partial charge in [0.2, 0.25) is 0 Å². The van der Waals surface area contributed by atoms with E-state index in [-0.39, 0.29) is 24.0 Å². The highest BCUT2D eigenvalue weighted by Crippen LogP contribution is 2.13. The molecule has 0 radical (unpaired) electrons. The van der Waals surface area contributed by atoms with Crippen LogP contribution in [0.25, 0.3) is 0 Å². The molecule has 0 bridgehead atoms. The van der Waals surface area contributed by atoms with E-state index >= 15 is 0 Å². The van der Waals surface area contributed by atoms with Crippen LogP contribution in [0.3, 0.4) is 0 Å². The molecule has 0 atom stereocenters. The van der Waals surface area contributed by atoms with Crippen LogP contribution in [-0.4, -0.2) is 43.8 Å². The quantitative estimate of drug-likeness (QED) is 0.254. The molecule has 0 spiro atoms. The predicted octanol–water partition coefficient (Wildman–Crippen LogP) is 2.85. The summed E-state index contributed by atoms with van der Waals surface area (Å²) in [5, 5.41) is 7.80. The number of aromatic nitrogens is 1. The van der Waals surface area contributed by atoms with Crippen LogP contribution in [0.2, 0.25) is 0 Å². The third-order valence-electron chi connectivity index (χ3n) is 2.85. The van der Waals surface area contributed by atoms with Gasteiger partial charge in [-0.05, 0) is 26.7 Å². The first-order valence-electron chi connectivity index (χ1n) is 7.83. The predicted molar refractivity (Wildman–Crippen MR) is 106 cm³/mol. The van der Waals surface area contributed by atoms with Crippen molar-refractivity contribution >= 4 is 41.3 Å². The van der Waals surface area contributed by atoms with E-state index < -0.39 is 0 Å². The maximum absolute atomic E-state index is 5.31. The van der Waals surface area contributed by atoms with Gasteiger partial charge in [0, 0.05) is 50.3 Å². The fraction of sp³-hybridized carbons (Fsp3) is 0.733. The summed E-state index contributed by atoms with van der Waals surface area (Å²) < 4.78 is 5.31. The molecule has 1 aromatic rings. The third-order valence-corrected chi connectivity index (χ3v) is 4.05. The normalized spacial score (nSPS) is 11.1. The molecule has 0 amide bonds. The number of aryl methyl sites for hydroxylation is 1. The Morgan fingerprint density at radius 3 is 2.77 bits per heavy atom. The van der Waals surface area contributed by atoms with Crippen molar-refractivity contribution in [2.24, 2.45) is 4.99 Å². The van der Waals surface area contributed by atoms with Crippen LogP contribution in [0.1, 0.15) is 37.1 Å². The van der Waals surface area contributed by atoms with Gasteiger partial charge in [-0.3, -0.25) is 4.99 Å².